The summed E-state index contributed by atoms with van der Waals surface area (Å²) in [5.74, 6) is -0.202. The first-order valence-corrected chi connectivity index (χ1v) is 11.5. The van der Waals surface area contributed by atoms with E-state index in [0.717, 1.165) is 6.07 Å². The summed E-state index contributed by atoms with van der Waals surface area (Å²) in [5, 5.41) is 12.3. The number of amides is 1. The summed E-state index contributed by atoms with van der Waals surface area (Å²) in [6.45, 7) is 3.79. The molecule has 0 aliphatic carbocycles. The van der Waals surface area contributed by atoms with E-state index >= 15 is 0 Å². The minimum absolute atomic E-state index is 0.0435. The smallest absolute Gasteiger partial charge is 0.419 e. The fourth-order valence-corrected chi connectivity index (χ4v) is 4.14. The fourth-order valence-electron chi connectivity index (χ4n) is 4.14. The van der Waals surface area contributed by atoms with E-state index in [1.54, 1.807) is 36.8 Å². The van der Waals surface area contributed by atoms with Gasteiger partial charge in [0.25, 0.3) is 0 Å². The number of nitrogens with one attached hydrogen (secondary N) is 1. The molecular formula is C24H28F3N7O2. The molecule has 36 heavy (non-hydrogen) atoms. The van der Waals surface area contributed by atoms with Crippen LogP contribution in [0.5, 0.6) is 5.75 Å². The lowest BCUT2D eigenvalue weighted by atomic mass is 10.0. The average molecular weight is 504 g/mol. The van der Waals surface area contributed by atoms with Crippen molar-refractivity contribution in [3.05, 3.63) is 35.5 Å². The van der Waals surface area contributed by atoms with Gasteiger partial charge in [-0.2, -0.15) is 18.4 Å². The number of nitrogens with zero attached hydrogens (tertiary/aromatic N) is 6. The van der Waals surface area contributed by atoms with E-state index in [1.165, 1.54) is 12.1 Å². The monoisotopic (exact) mass is 503 g/mol. The fraction of sp³-hybridized carbons (Fsp3) is 0.458. The number of alkyl halides is 3. The number of nitriles is 1. The van der Waals surface area contributed by atoms with Crippen molar-refractivity contribution in [2.45, 2.75) is 6.18 Å². The molecule has 0 bridgehead atoms. The predicted octanol–water partition coefficient (Wildman–Crippen LogP) is 2.54. The molecule has 1 fully saturated rings. The standard InChI is InChI=1S/C24H28F3N7O2/c1-31(2)22(35)15-34-8-6-33(7-9-34)10-11-36-21-5-4-16(12-17(21)24(25,26)27)18-13-20-23(30-32(20)3)19(14-28)29-18/h4-5,12-13,30H,6-11,15H2,1-3H3. The summed E-state index contributed by atoms with van der Waals surface area (Å²) in [7, 11) is 5.19. The van der Waals surface area contributed by atoms with Gasteiger partial charge in [-0.25, -0.2) is 4.98 Å². The van der Waals surface area contributed by atoms with Gasteiger partial charge in [0.15, 0.2) is 5.69 Å². The van der Waals surface area contributed by atoms with Crippen molar-refractivity contribution >= 4 is 16.9 Å². The molecule has 192 valence electrons. The lowest BCUT2D eigenvalue weighted by Gasteiger charge is -2.34. The van der Waals surface area contributed by atoms with Crippen LogP contribution in [0.15, 0.2) is 24.3 Å². The maximum atomic E-state index is 13.9. The van der Waals surface area contributed by atoms with E-state index < -0.39 is 11.7 Å². The van der Waals surface area contributed by atoms with Crippen LogP contribution in [-0.2, 0) is 18.0 Å². The number of halogens is 3. The number of benzene rings is 1. The van der Waals surface area contributed by atoms with Crippen LogP contribution in [0.25, 0.3) is 22.3 Å². The molecule has 1 N–H and O–H groups in total. The predicted molar refractivity (Wildman–Crippen MR) is 127 cm³/mol. The zero-order valence-corrected chi connectivity index (χ0v) is 20.4. The SMILES string of the molecule is CN(C)C(=O)CN1CCN(CCOc2ccc(-c3cc4c([nH]n4C)c(C#N)n3)cc2C(F)(F)F)CC1. The minimum atomic E-state index is -4.62. The third-order valence-corrected chi connectivity index (χ3v) is 6.31. The molecule has 4 rings (SSSR count). The van der Waals surface area contributed by atoms with Crippen LogP contribution in [0.4, 0.5) is 13.2 Å². The average Bonchev–Trinajstić information content (AvgIpc) is 2.84. The highest BCUT2D eigenvalue weighted by atomic mass is 19.4. The summed E-state index contributed by atoms with van der Waals surface area (Å²) < 4.78 is 48.9. The summed E-state index contributed by atoms with van der Waals surface area (Å²) >= 11 is 0. The number of likely N-dealkylation sites (N-methyl/N-ethyl adjacent to an activating group) is 1. The summed E-state index contributed by atoms with van der Waals surface area (Å²) in [5.41, 5.74) is 1.02. The van der Waals surface area contributed by atoms with Gasteiger partial charge >= 0.3 is 6.18 Å². The Morgan fingerprint density at radius 1 is 1.19 bits per heavy atom. The van der Waals surface area contributed by atoms with E-state index in [4.69, 9.17) is 4.74 Å². The normalized spacial score (nSPS) is 15.2. The maximum absolute atomic E-state index is 13.9. The van der Waals surface area contributed by atoms with E-state index in [-0.39, 0.29) is 35.2 Å². The summed E-state index contributed by atoms with van der Waals surface area (Å²) in [6, 6.07) is 7.46. The second kappa shape index (κ2) is 10.2. The number of aryl methyl sites for hydroxylation is 1. The van der Waals surface area contributed by atoms with Gasteiger partial charge in [-0.3, -0.25) is 24.4 Å². The Balaban J connectivity index is 1.42. The Hall–Kier alpha value is -3.56. The number of fused-ring (bicyclic) bond motifs is 1. The van der Waals surface area contributed by atoms with Crippen LogP contribution in [0.2, 0.25) is 0 Å². The highest BCUT2D eigenvalue weighted by Crippen LogP contribution is 2.39. The second-order valence-corrected chi connectivity index (χ2v) is 9.00. The molecule has 1 saturated heterocycles. The Morgan fingerprint density at radius 2 is 1.89 bits per heavy atom. The number of carbonyl (C=O) groups is 1. The number of hydrogen-bond acceptors (Lipinski definition) is 6. The van der Waals surface area contributed by atoms with E-state index in [9.17, 15) is 23.2 Å². The molecule has 3 aromatic rings. The Morgan fingerprint density at radius 3 is 2.50 bits per heavy atom. The molecule has 0 spiro atoms. The zero-order chi connectivity index (χ0) is 26.0. The summed E-state index contributed by atoms with van der Waals surface area (Å²) in [6.07, 6.45) is -4.62. The topological polar surface area (TPSA) is 93.4 Å². The number of hydrogen-bond donors (Lipinski definition) is 1. The quantitative estimate of drug-likeness (QED) is 0.533. The number of ether oxygens (including phenoxy) is 1. The molecule has 1 aliphatic rings. The lowest BCUT2D eigenvalue weighted by molar-refractivity contribution is -0.139. The van der Waals surface area contributed by atoms with Crippen molar-refractivity contribution in [2.75, 3.05) is 60.0 Å². The molecule has 0 unspecified atom stereocenters. The number of H-pyrrole nitrogens is 1. The number of aromatic amines is 1. The van der Waals surface area contributed by atoms with Crippen LogP contribution in [0.1, 0.15) is 11.3 Å². The van der Waals surface area contributed by atoms with Crippen LogP contribution >= 0.6 is 0 Å². The molecular weight excluding hydrogens is 475 g/mol. The number of rotatable bonds is 7. The first-order valence-electron chi connectivity index (χ1n) is 11.5. The van der Waals surface area contributed by atoms with Crippen LogP contribution < -0.4 is 4.74 Å². The van der Waals surface area contributed by atoms with Gasteiger partial charge in [-0.15, -0.1) is 0 Å². The van der Waals surface area contributed by atoms with Crippen molar-refractivity contribution < 1.29 is 22.7 Å². The first-order chi connectivity index (χ1) is 17.1. The lowest BCUT2D eigenvalue weighted by Crippen LogP contribution is -2.50. The van der Waals surface area contributed by atoms with E-state index in [2.05, 4.69) is 19.9 Å². The third-order valence-electron chi connectivity index (χ3n) is 6.31. The van der Waals surface area contributed by atoms with E-state index in [1.807, 2.05) is 6.07 Å². The molecule has 9 nitrogen and oxygen atoms in total. The molecule has 1 aliphatic heterocycles. The number of aromatic nitrogens is 3. The molecule has 0 atom stereocenters. The largest absolute Gasteiger partial charge is 0.492 e. The molecule has 12 heteroatoms. The maximum Gasteiger partial charge on any atom is 0.419 e. The van der Waals surface area contributed by atoms with Gasteiger partial charge in [0.05, 0.1) is 23.3 Å². The van der Waals surface area contributed by atoms with E-state index in [0.29, 0.717) is 50.3 Å². The third kappa shape index (κ3) is 5.47. The highest BCUT2D eigenvalue weighted by Gasteiger charge is 2.35. The second-order valence-electron chi connectivity index (χ2n) is 9.00. The number of pyridine rings is 1. The molecule has 2 aromatic heterocycles. The molecule has 0 radical (unpaired) electrons. The Bertz CT molecular complexity index is 1280. The molecule has 0 saturated carbocycles. The van der Waals surface area contributed by atoms with Gasteiger partial charge in [-0.1, -0.05) is 0 Å². The van der Waals surface area contributed by atoms with Crippen molar-refractivity contribution in [2.24, 2.45) is 7.05 Å². The minimum Gasteiger partial charge on any atom is -0.492 e. The van der Waals surface area contributed by atoms with Gasteiger partial charge in [0.2, 0.25) is 5.91 Å². The zero-order valence-electron chi connectivity index (χ0n) is 20.4. The molecule has 1 aromatic carbocycles. The van der Waals surface area contributed by atoms with Gasteiger partial charge in [0, 0.05) is 59.4 Å². The van der Waals surface area contributed by atoms with Gasteiger partial charge in [0.1, 0.15) is 23.9 Å². The Kier molecular flexibility index (Phi) is 7.23. The van der Waals surface area contributed by atoms with Crippen LogP contribution in [-0.4, -0.2) is 95.3 Å². The van der Waals surface area contributed by atoms with Gasteiger partial charge < -0.3 is 9.64 Å². The molecule has 3 heterocycles. The first kappa shape index (κ1) is 25.5. The summed E-state index contributed by atoms with van der Waals surface area (Å²) in [4.78, 5) is 21.8. The number of piperazine rings is 1. The van der Waals surface area contributed by atoms with Crippen molar-refractivity contribution in [3.8, 4) is 23.1 Å². The van der Waals surface area contributed by atoms with Crippen molar-refractivity contribution in [1.82, 2.24) is 29.5 Å². The van der Waals surface area contributed by atoms with Crippen molar-refractivity contribution in [3.63, 3.8) is 0 Å². The Labute approximate surface area is 206 Å². The van der Waals surface area contributed by atoms with Crippen LogP contribution in [0.3, 0.4) is 0 Å². The molecule has 1 amide bonds. The highest BCUT2D eigenvalue weighted by molar-refractivity contribution is 5.85. The van der Waals surface area contributed by atoms with Gasteiger partial charge in [-0.05, 0) is 24.3 Å². The van der Waals surface area contributed by atoms with Crippen molar-refractivity contribution in [1.29, 1.82) is 5.26 Å². The number of carbonyl (C=O) groups excluding carboxylic acids is 1. The van der Waals surface area contributed by atoms with Crippen LogP contribution in [0, 0.1) is 11.3 Å².